The van der Waals surface area contributed by atoms with E-state index in [4.69, 9.17) is 4.74 Å². The maximum Gasteiger partial charge on any atom is 0.104 e. The summed E-state index contributed by atoms with van der Waals surface area (Å²) in [4.78, 5) is 2.38. The minimum Gasteiger partial charge on any atom is -0.380 e. The molecular weight excluding hydrogens is 226 g/mol. The van der Waals surface area contributed by atoms with E-state index in [1.807, 2.05) is 6.92 Å². The van der Waals surface area contributed by atoms with E-state index in [1.54, 1.807) is 0 Å². The summed E-state index contributed by atoms with van der Waals surface area (Å²) in [5.41, 5.74) is -0.339. The first-order valence-electron chi connectivity index (χ1n) is 7.10. The number of hydrogen-bond donors (Lipinski definition) is 1. The van der Waals surface area contributed by atoms with Crippen LogP contribution in [0.15, 0.2) is 0 Å². The van der Waals surface area contributed by atoms with Crippen molar-refractivity contribution in [3.63, 3.8) is 0 Å². The number of hydrogen-bond acceptors (Lipinski definition) is 4. The fourth-order valence-corrected chi connectivity index (χ4v) is 2.57. The lowest BCUT2D eigenvalue weighted by atomic mass is 9.97. The van der Waals surface area contributed by atoms with Gasteiger partial charge in [-0.15, -0.1) is 0 Å². The number of ether oxygens (including phenoxy) is 1. The Labute approximate surface area is 110 Å². The zero-order valence-electron chi connectivity index (χ0n) is 11.6. The quantitative estimate of drug-likeness (QED) is 0.745. The van der Waals surface area contributed by atoms with Crippen LogP contribution >= 0.6 is 0 Å². The molecule has 1 heterocycles. The van der Waals surface area contributed by atoms with Gasteiger partial charge in [0.2, 0.25) is 0 Å². The minimum atomic E-state index is -0.339. The van der Waals surface area contributed by atoms with Crippen molar-refractivity contribution in [2.24, 2.45) is 0 Å². The Morgan fingerprint density at radius 1 is 1.44 bits per heavy atom. The highest BCUT2D eigenvalue weighted by Crippen LogP contribution is 2.24. The molecule has 1 aliphatic heterocycles. The standard InChI is InChI=1S/C14H25N3O/c1-14(11-15,16-12-4-5-12)7-3-8-17(2)13-6-9-18-10-13/h12-13,16H,3-10H2,1-2H3. The van der Waals surface area contributed by atoms with Gasteiger partial charge in [-0.05, 0) is 52.6 Å². The third-order valence-corrected chi connectivity index (χ3v) is 4.06. The highest BCUT2D eigenvalue weighted by Gasteiger charge is 2.32. The molecular formula is C14H25N3O. The van der Waals surface area contributed by atoms with E-state index in [-0.39, 0.29) is 5.54 Å². The second-order valence-electron chi connectivity index (χ2n) is 5.96. The molecule has 0 bridgehead atoms. The molecule has 1 saturated heterocycles. The topological polar surface area (TPSA) is 48.3 Å². The molecule has 4 nitrogen and oxygen atoms in total. The molecule has 1 aliphatic carbocycles. The summed E-state index contributed by atoms with van der Waals surface area (Å²) in [5.74, 6) is 0. The molecule has 2 fully saturated rings. The second kappa shape index (κ2) is 6.01. The fraction of sp³-hybridized carbons (Fsp3) is 0.929. The van der Waals surface area contributed by atoms with Crippen LogP contribution < -0.4 is 5.32 Å². The Morgan fingerprint density at radius 2 is 2.22 bits per heavy atom. The lowest BCUT2D eigenvalue weighted by Gasteiger charge is -2.26. The van der Waals surface area contributed by atoms with Gasteiger partial charge in [0.1, 0.15) is 5.54 Å². The Balaban J connectivity index is 1.67. The summed E-state index contributed by atoms with van der Waals surface area (Å²) in [6.45, 7) is 4.85. The van der Waals surface area contributed by atoms with E-state index in [1.165, 1.54) is 12.8 Å². The van der Waals surface area contributed by atoms with Crippen molar-refractivity contribution in [1.29, 1.82) is 5.26 Å². The van der Waals surface area contributed by atoms with Gasteiger partial charge in [-0.1, -0.05) is 0 Å². The van der Waals surface area contributed by atoms with E-state index in [0.717, 1.165) is 39.0 Å². The fourth-order valence-electron chi connectivity index (χ4n) is 2.57. The van der Waals surface area contributed by atoms with Crippen molar-refractivity contribution in [3.05, 3.63) is 0 Å². The molecule has 0 aromatic heterocycles. The molecule has 2 unspecified atom stereocenters. The van der Waals surface area contributed by atoms with Crippen LogP contribution in [-0.4, -0.2) is 49.3 Å². The number of nitrogens with zero attached hydrogens (tertiary/aromatic N) is 2. The first-order chi connectivity index (χ1) is 8.63. The summed E-state index contributed by atoms with van der Waals surface area (Å²) in [7, 11) is 2.16. The van der Waals surface area contributed by atoms with Gasteiger partial charge in [0, 0.05) is 18.7 Å². The van der Waals surface area contributed by atoms with Crippen molar-refractivity contribution in [2.45, 2.75) is 56.7 Å². The summed E-state index contributed by atoms with van der Waals surface area (Å²) >= 11 is 0. The highest BCUT2D eigenvalue weighted by molar-refractivity contribution is 5.07. The van der Waals surface area contributed by atoms with Gasteiger partial charge in [-0.3, -0.25) is 5.32 Å². The normalized spacial score (nSPS) is 27.1. The third-order valence-electron chi connectivity index (χ3n) is 4.06. The lowest BCUT2D eigenvalue weighted by Crippen LogP contribution is -2.43. The van der Waals surface area contributed by atoms with Crippen LogP contribution in [0.1, 0.15) is 39.0 Å². The molecule has 0 amide bonds. The van der Waals surface area contributed by atoms with Gasteiger partial charge in [0.15, 0.2) is 0 Å². The molecule has 18 heavy (non-hydrogen) atoms. The van der Waals surface area contributed by atoms with Crippen LogP contribution in [0.5, 0.6) is 0 Å². The molecule has 2 rings (SSSR count). The highest BCUT2D eigenvalue weighted by atomic mass is 16.5. The molecule has 2 atom stereocenters. The van der Waals surface area contributed by atoms with Crippen molar-refractivity contribution in [1.82, 2.24) is 10.2 Å². The molecule has 1 N–H and O–H groups in total. The van der Waals surface area contributed by atoms with E-state index < -0.39 is 0 Å². The smallest absolute Gasteiger partial charge is 0.104 e. The van der Waals surface area contributed by atoms with Gasteiger partial charge in [0.05, 0.1) is 12.7 Å². The number of nitrogens with one attached hydrogen (secondary N) is 1. The van der Waals surface area contributed by atoms with Crippen LogP contribution in [0.3, 0.4) is 0 Å². The van der Waals surface area contributed by atoms with E-state index in [2.05, 4.69) is 23.3 Å². The molecule has 102 valence electrons. The zero-order chi connectivity index (χ0) is 13.0. The molecule has 0 radical (unpaired) electrons. The maximum absolute atomic E-state index is 9.29. The van der Waals surface area contributed by atoms with E-state index in [9.17, 15) is 5.26 Å². The third kappa shape index (κ3) is 3.94. The SMILES string of the molecule is CN(CCCC(C)(C#N)NC1CC1)C1CCOC1. The van der Waals surface area contributed by atoms with Gasteiger partial charge < -0.3 is 9.64 Å². The number of nitriles is 1. The molecule has 0 aromatic carbocycles. The van der Waals surface area contributed by atoms with Crippen molar-refractivity contribution < 1.29 is 4.74 Å². The van der Waals surface area contributed by atoms with E-state index in [0.29, 0.717) is 12.1 Å². The lowest BCUT2D eigenvalue weighted by molar-refractivity contribution is 0.157. The largest absolute Gasteiger partial charge is 0.380 e. The summed E-state index contributed by atoms with van der Waals surface area (Å²) in [6, 6.07) is 3.61. The van der Waals surface area contributed by atoms with Gasteiger partial charge >= 0.3 is 0 Å². The first kappa shape index (κ1) is 13.8. The number of likely N-dealkylation sites (N-methyl/N-ethyl adjacent to an activating group) is 1. The second-order valence-corrected chi connectivity index (χ2v) is 5.96. The van der Waals surface area contributed by atoms with E-state index >= 15 is 0 Å². The van der Waals surface area contributed by atoms with Crippen molar-refractivity contribution in [3.8, 4) is 6.07 Å². The van der Waals surface area contributed by atoms with Crippen LogP contribution in [0.2, 0.25) is 0 Å². The maximum atomic E-state index is 9.29. The first-order valence-corrected chi connectivity index (χ1v) is 7.10. The van der Waals surface area contributed by atoms with Crippen molar-refractivity contribution in [2.75, 3.05) is 26.8 Å². The van der Waals surface area contributed by atoms with Crippen molar-refractivity contribution >= 4 is 0 Å². The van der Waals surface area contributed by atoms with Crippen LogP contribution in [0.25, 0.3) is 0 Å². The Kier molecular flexibility index (Phi) is 4.60. The predicted molar refractivity (Wildman–Crippen MR) is 71.3 cm³/mol. The Morgan fingerprint density at radius 3 is 2.78 bits per heavy atom. The zero-order valence-corrected chi connectivity index (χ0v) is 11.6. The Hall–Kier alpha value is -0.630. The molecule has 0 spiro atoms. The monoisotopic (exact) mass is 251 g/mol. The summed E-state index contributed by atoms with van der Waals surface area (Å²) < 4.78 is 5.40. The average Bonchev–Trinajstić information content (AvgIpc) is 2.99. The van der Waals surface area contributed by atoms with Crippen LogP contribution in [0, 0.1) is 11.3 Å². The van der Waals surface area contributed by atoms with Gasteiger partial charge in [-0.25, -0.2) is 0 Å². The predicted octanol–water partition coefficient (Wildman–Crippen LogP) is 1.52. The molecule has 0 aromatic rings. The summed E-state index contributed by atoms with van der Waals surface area (Å²) in [5, 5.41) is 12.7. The van der Waals surface area contributed by atoms with Crippen LogP contribution in [0.4, 0.5) is 0 Å². The Bertz CT molecular complexity index is 305. The molecule has 1 saturated carbocycles. The number of rotatable bonds is 7. The van der Waals surface area contributed by atoms with Crippen LogP contribution in [-0.2, 0) is 4.74 Å². The van der Waals surface area contributed by atoms with Gasteiger partial charge in [0.25, 0.3) is 0 Å². The molecule has 4 heteroatoms. The van der Waals surface area contributed by atoms with Gasteiger partial charge in [-0.2, -0.15) is 5.26 Å². The molecule has 2 aliphatic rings. The summed E-state index contributed by atoms with van der Waals surface area (Å²) in [6.07, 6.45) is 5.61. The average molecular weight is 251 g/mol. The minimum absolute atomic E-state index is 0.339.